The van der Waals surface area contributed by atoms with Crippen LogP contribution in [0.2, 0.25) is 0 Å². The highest BCUT2D eigenvalue weighted by Gasteiger charge is 2.22. The zero-order valence-electron chi connectivity index (χ0n) is 20.0. The molecule has 1 aliphatic rings. The van der Waals surface area contributed by atoms with Crippen LogP contribution >= 0.6 is 0 Å². The first-order valence-electron chi connectivity index (χ1n) is 11.4. The third kappa shape index (κ3) is 4.55. The average Bonchev–Trinajstić information content (AvgIpc) is 2.91. The minimum atomic E-state index is -0.376. The molecule has 180 valence electrons. The molecule has 0 N–H and O–H groups in total. The second-order valence-corrected chi connectivity index (χ2v) is 8.40. The molecule has 0 fully saturated rings. The van der Waals surface area contributed by atoms with Gasteiger partial charge in [-0.15, -0.1) is 0 Å². The van der Waals surface area contributed by atoms with Gasteiger partial charge in [0.25, 0.3) is 0 Å². The summed E-state index contributed by atoms with van der Waals surface area (Å²) in [6.07, 6.45) is 0.815. The summed E-state index contributed by atoms with van der Waals surface area (Å²) >= 11 is 0. The van der Waals surface area contributed by atoms with Crippen molar-refractivity contribution in [3.05, 3.63) is 82.2 Å². The van der Waals surface area contributed by atoms with Crippen molar-refractivity contribution in [2.24, 2.45) is 0 Å². The molecule has 0 radical (unpaired) electrons. The van der Waals surface area contributed by atoms with Crippen molar-refractivity contribution >= 4 is 11.0 Å². The first-order valence-corrected chi connectivity index (χ1v) is 11.4. The van der Waals surface area contributed by atoms with Crippen LogP contribution in [0, 0.1) is 0 Å². The van der Waals surface area contributed by atoms with Gasteiger partial charge in [0, 0.05) is 18.5 Å². The zero-order valence-corrected chi connectivity index (χ0v) is 20.0. The predicted octanol–water partition coefficient (Wildman–Crippen LogP) is 4.88. The van der Waals surface area contributed by atoms with Gasteiger partial charge in [0.05, 0.1) is 32.5 Å². The van der Waals surface area contributed by atoms with E-state index in [0.717, 1.165) is 46.5 Å². The third-order valence-electron chi connectivity index (χ3n) is 6.31. The fraction of sp³-hybridized carbons (Fsp3) is 0.250. The monoisotopic (exact) mass is 473 g/mol. The van der Waals surface area contributed by atoms with E-state index < -0.39 is 0 Å². The predicted molar refractivity (Wildman–Crippen MR) is 134 cm³/mol. The van der Waals surface area contributed by atoms with Gasteiger partial charge in [-0.25, -0.2) is 4.79 Å². The highest BCUT2D eigenvalue weighted by molar-refractivity contribution is 5.86. The van der Waals surface area contributed by atoms with Crippen LogP contribution in [0.3, 0.4) is 0 Å². The van der Waals surface area contributed by atoms with Crippen molar-refractivity contribution in [1.82, 2.24) is 4.90 Å². The van der Waals surface area contributed by atoms with Crippen LogP contribution in [0.15, 0.2) is 69.9 Å². The minimum absolute atomic E-state index is 0.376. The first kappa shape index (κ1) is 22.8. The van der Waals surface area contributed by atoms with Gasteiger partial charge >= 0.3 is 5.63 Å². The summed E-state index contributed by atoms with van der Waals surface area (Å²) in [5, 5.41) is 0.861. The summed E-state index contributed by atoms with van der Waals surface area (Å²) in [4.78, 5) is 15.1. The number of rotatable bonds is 7. The molecule has 35 heavy (non-hydrogen) atoms. The molecule has 0 spiro atoms. The molecule has 0 atom stereocenters. The smallest absolute Gasteiger partial charge is 0.344 e. The Balaban J connectivity index is 1.38. The maximum Gasteiger partial charge on any atom is 0.344 e. The number of ether oxygens (including phenoxy) is 4. The van der Waals surface area contributed by atoms with Crippen molar-refractivity contribution in [2.75, 3.05) is 34.6 Å². The van der Waals surface area contributed by atoms with E-state index in [9.17, 15) is 4.79 Å². The minimum Gasteiger partial charge on any atom is -0.497 e. The topological polar surface area (TPSA) is 70.4 Å². The highest BCUT2D eigenvalue weighted by Crippen LogP contribution is 2.34. The van der Waals surface area contributed by atoms with E-state index in [4.69, 9.17) is 23.4 Å². The lowest BCUT2D eigenvalue weighted by Gasteiger charge is -2.29. The molecule has 0 bridgehead atoms. The van der Waals surface area contributed by atoms with Crippen LogP contribution in [-0.4, -0.2) is 39.5 Å². The van der Waals surface area contributed by atoms with Crippen LogP contribution in [0.1, 0.15) is 11.1 Å². The van der Waals surface area contributed by atoms with Crippen molar-refractivity contribution in [2.45, 2.75) is 13.0 Å². The van der Waals surface area contributed by atoms with Crippen LogP contribution in [0.4, 0.5) is 0 Å². The third-order valence-corrected chi connectivity index (χ3v) is 6.31. The molecular formula is C28H27NO6. The Bertz CT molecular complexity index is 1410. The summed E-state index contributed by atoms with van der Waals surface area (Å²) < 4.78 is 27.8. The normalized spacial score (nSPS) is 13.2. The molecule has 0 aliphatic carbocycles. The van der Waals surface area contributed by atoms with Gasteiger partial charge in [-0.1, -0.05) is 18.2 Å². The largest absolute Gasteiger partial charge is 0.497 e. The first-order chi connectivity index (χ1) is 17.1. The SMILES string of the molecule is COc1ccc(-c2cc3ccc4c(c3oc2=O)CN(CCc2ccc(OC)c(OC)c2)CO4)cc1. The van der Waals surface area contributed by atoms with Gasteiger partial charge in [-0.3, -0.25) is 4.90 Å². The van der Waals surface area contributed by atoms with Crippen LogP contribution < -0.4 is 24.6 Å². The lowest BCUT2D eigenvalue weighted by Crippen LogP contribution is -2.33. The molecule has 4 aromatic rings. The maximum absolute atomic E-state index is 12.9. The van der Waals surface area contributed by atoms with Crippen molar-refractivity contribution in [3.8, 4) is 34.1 Å². The molecule has 7 heteroatoms. The van der Waals surface area contributed by atoms with E-state index in [1.165, 1.54) is 0 Å². The Morgan fingerprint density at radius 2 is 1.69 bits per heavy atom. The number of methoxy groups -OCH3 is 3. The van der Waals surface area contributed by atoms with E-state index in [1.54, 1.807) is 21.3 Å². The maximum atomic E-state index is 12.9. The van der Waals surface area contributed by atoms with E-state index in [-0.39, 0.29) is 5.63 Å². The molecule has 0 unspecified atom stereocenters. The van der Waals surface area contributed by atoms with E-state index >= 15 is 0 Å². The van der Waals surface area contributed by atoms with Crippen molar-refractivity contribution in [1.29, 1.82) is 0 Å². The standard InChI is InChI=1S/C28H27NO6/c1-31-21-8-5-19(6-9-21)22-15-20-7-11-24-23(27(20)35-28(22)30)16-29(17-34-24)13-12-18-4-10-25(32-2)26(14-18)33-3/h4-11,14-15H,12-13,16-17H2,1-3H3. The number of benzene rings is 3. The number of hydrogen-bond acceptors (Lipinski definition) is 7. The van der Waals surface area contributed by atoms with E-state index in [2.05, 4.69) is 4.90 Å². The van der Waals surface area contributed by atoms with E-state index in [1.807, 2.05) is 60.7 Å². The summed E-state index contributed by atoms with van der Waals surface area (Å²) in [5.74, 6) is 2.91. The Morgan fingerprint density at radius 1 is 0.886 bits per heavy atom. The molecule has 0 saturated carbocycles. The molecule has 2 heterocycles. The summed E-state index contributed by atoms with van der Waals surface area (Å²) in [7, 11) is 4.88. The van der Waals surface area contributed by atoms with Crippen LogP contribution in [0.5, 0.6) is 23.0 Å². The lowest BCUT2D eigenvalue weighted by atomic mass is 10.0. The number of nitrogens with zero attached hydrogens (tertiary/aromatic N) is 1. The molecule has 1 aliphatic heterocycles. The average molecular weight is 474 g/mol. The van der Waals surface area contributed by atoms with Crippen LogP contribution in [-0.2, 0) is 13.0 Å². The molecule has 3 aromatic carbocycles. The lowest BCUT2D eigenvalue weighted by molar-refractivity contribution is 0.0967. The van der Waals surface area contributed by atoms with Gasteiger partial charge in [-0.2, -0.15) is 0 Å². The molecule has 1 aromatic heterocycles. The van der Waals surface area contributed by atoms with Gasteiger partial charge in [0.15, 0.2) is 11.5 Å². The number of fused-ring (bicyclic) bond motifs is 3. The molecule has 0 amide bonds. The van der Waals surface area contributed by atoms with Crippen molar-refractivity contribution < 1.29 is 23.4 Å². The molecular weight excluding hydrogens is 446 g/mol. The fourth-order valence-corrected chi connectivity index (χ4v) is 4.38. The van der Waals surface area contributed by atoms with E-state index in [0.29, 0.717) is 35.9 Å². The Kier molecular flexibility index (Phi) is 6.33. The number of hydrogen-bond donors (Lipinski definition) is 0. The fourth-order valence-electron chi connectivity index (χ4n) is 4.38. The quantitative estimate of drug-likeness (QED) is 0.354. The Labute approximate surface area is 203 Å². The summed E-state index contributed by atoms with van der Waals surface area (Å²) in [6, 6.07) is 19.1. The molecule has 5 rings (SSSR count). The van der Waals surface area contributed by atoms with Gasteiger partial charge in [-0.05, 0) is 60.0 Å². The highest BCUT2D eigenvalue weighted by atomic mass is 16.5. The second kappa shape index (κ2) is 9.72. The second-order valence-electron chi connectivity index (χ2n) is 8.40. The van der Waals surface area contributed by atoms with Gasteiger partial charge in [0.2, 0.25) is 0 Å². The summed E-state index contributed by atoms with van der Waals surface area (Å²) in [6.45, 7) is 1.88. The molecule has 7 nitrogen and oxygen atoms in total. The van der Waals surface area contributed by atoms with Crippen molar-refractivity contribution in [3.63, 3.8) is 0 Å². The summed E-state index contributed by atoms with van der Waals surface area (Å²) in [5.41, 5.74) is 3.52. The zero-order chi connectivity index (χ0) is 24.4. The van der Waals surface area contributed by atoms with Gasteiger partial charge in [0.1, 0.15) is 23.8 Å². The Morgan fingerprint density at radius 3 is 2.43 bits per heavy atom. The van der Waals surface area contributed by atoms with Crippen LogP contribution in [0.25, 0.3) is 22.1 Å². The Hall–Kier alpha value is -3.97. The molecule has 0 saturated heterocycles. The van der Waals surface area contributed by atoms with Gasteiger partial charge < -0.3 is 23.4 Å².